The van der Waals surface area contributed by atoms with E-state index in [1.54, 1.807) is 12.4 Å². The molecule has 2 saturated heterocycles. The van der Waals surface area contributed by atoms with E-state index < -0.39 is 11.7 Å². The number of amides is 1. The molecule has 1 aromatic heterocycles. The number of benzene rings is 1. The van der Waals surface area contributed by atoms with Crippen LogP contribution >= 0.6 is 0 Å². The van der Waals surface area contributed by atoms with Gasteiger partial charge < -0.3 is 15.2 Å². The van der Waals surface area contributed by atoms with Crippen LogP contribution < -0.4 is 5.32 Å². The summed E-state index contributed by atoms with van der Waals surface area (Å²) >= 11 is 0. The number of aromatic nitrogens is 1. The minimum Gasteiger partial charge on any atom is -0.390 e. The number of ether oxygens (including phenoxy) is 1. The van der Waals surface area contributed by atoms with Crippen molar-refractivity contribution in [1.29, 1.82) is 0 Å². The first-order valence-corrected chi connectivity index (χ1v) is 8.49. The van der Waals surface area contributed by atoms with Gasteiger partial charge in [-0.05, 0) is 42.3 Å². The molecule has 2 aliphatic heterocycles. The summed E-state index contributed by atoms with van der Waals surface area (Å²) in [4.78, 5) is 13.9. The highest BCUT2D eigenvalue weighted by Gasteiger charge is 2.47. The molecule has 2 aromatic rings. The number of aliphatic hydroxyl groups is 1. The van der Waals surface area contributed by atoms with Gasteiger partial charge in [0.15, 0.2) is 0 Å². The number of nitrogens with one attached hydrogen (secondary N) is 1. The van der Waals surface area contributed by atoms with Crippen LogP contribution in [0.2, 0.25) is 0 Å². The summed E-state index contributed by atoms with van der Waals surface area (Å²) in [6.45, 7) is 0. The van der Waals surface area contributed by atoms with Gasteiger partial charge in [-0.2, -0.15) is 13.2 Å². The Labute approximate surface area is 154 Å². The molecule has 4 unspecified atom stereocenters. The zero-order valence-corrected chi connectivity index (χ0v) is 14.3. The second-order valence-electron chi connectivity index (χ2n) is 6.49. The van der Waals surface area contributed by atoms with E-state index in [2.05, 4.69) is 10.3 Å². The normalized spacial score (nSPS) is 26.2. The third-order valence-corrected chi connectivity index (χ3v) is 4.70. The summed E-state index contributed by atoms with van der Waals surface area (Å²) < 4.78 is 42.0. The summed E-state index contributed by atoms with van der Waals surface area (Å²) in [5, 5.41) is 11.8. The van der Waals surface area contributed by atoms with E-state index in [1.165, 1.54) is 17.7 Å². The summed E-state index contributed by atoms with van der Waals surface area (Å²) in [5.41, 5.74) is 0.593. The molecule has 144 valence electrons. The van der Waals surface area contributed by atoms with E-state index in [-0.39, 0.29) is 24.0 Å². The predicted octanol–water partition coefficient (Wildman–Crippen LogP) is 3.36. The van der Waals surface area contributed by atoms with E-state index in [1.807, 2.05) is 12.1 Å². The van der Waals surface area contributed by atoms with Crippen molar-refractivity contribution in [2.24, 2.45) is 0 Å². The lowest BCUT2D eigenvalue weighted by molar-refractivity contribution is -0.137. The van der Waals surface area contributed by atoms with Crippen LogP contribution in [0.25, 0.3) is 0 Å². The van der Waals surface area contributed by atoms with Crippen LogP contribution in [-0.4, -0.2) is 34.8 Å². The summed E-state index contributed by atoms with van der Waals surface area (Å²) in [6.07, 6.45) is 1.43. The highest BCUT2D eigenvalue weighted by atomic mass is 19.4. The maximum absolute atomic E-state index is 12.1. The van der Waals surface area contributed by atoms with E-state index in [0.717, 1.165) is 25.0 Å². The Morgan fingerprint density at radius 2 is 1.93 bits per heavy atom. The molecule has 1 aromatic carbocycles. The van der Waals surface area contributed by atoms with E-state index >= 15 is 0 Å². The van der Waals surface area contributed by atoms with Crippen molar-refractivity contribution in [3.05, 3.63) is 59.9 Å². The Kier molecular flexibility index (Phi) is 5.76. The Morgan fingerprint density at radius 3 is 2.52 bits per heavy atom. The smallest absolute Gasteiger partial charge is 0.390 e. The zero-order valence-electron chi connectivity index (χ0n) is 14.3. The van der Waals surface area contributed by atoms with Gasteiger partial charge in [0.2, 0.25) is 6.41 Å². The quantitative estimate of drug-likeness (QED) is 0.801. The minimum atomic E-state index is -4.37. The van der Waals surface area contributed by atoms with Crippen LogP contribution in [0, 0.1) is 0 Å². The number of carbonyl (C=O) groups is 1. The lowest BCUT2D eigenvalue weighted by Gasteiger charge is -2.22. The van der Waals surface area contributed by atoms with Crippen LogP contribution in [-0.2, 0) is 15.7 Å². The fourth-order valence-corrected chi connectivity index (χ4v) is 3.49. The lowest BCUT2D eigenvalue weighted by atomic mass is 9.83. The van der Waals surface area contributed by atoms with Crippen molar-refractivity contribution in [3.8, 4) is 0 Å². The average molecular weight is 380 g/mol. The average Bonchev–Trinajstić information content (AvgIpc) is 3.22. The van der Waals surface area contributed by atoms with Crippen molar-refractivity contribution in [3.63, 3.8) is 0 Å². The van der Waals surface area contributed by atoms with Gasteiger partial charge in [-0.15, -0.1) is 0 Å². The number of hydrogen-bond acceptors (Lipinski definition) is 4. The maximum atomic E-state index is 12.1. The number of rotatable bonds is 3. The Morgan fingerprint density at radius 1 is 1.19 bits per heavy atom. The van der Waals surface area contributed by atoms with Gasteiger partial charge in [0.05, 0.1) is 23.9 Å². The van der Waals surface area contributed by atoms with Crippen LogP contribution in [0.3, 0.4) is 0 Å². The van der Waals surface area contributed by atoms with Crippen molar-refractivity contribution >= 4 is 12.1 Å². The number of alkyl halides is 3. The molecule has 4 rings (SSSR count). The van der Waals surface area contributed by atoms with E-state index in [0.29, 0.717) is 12.3 Å². The molecule has 2 aliphatic rings. The number of pyridine rings is 1. The standard InChI is InChI=1S/C11H13NO2.C8H6F3NO/c13-10-6-8-5-9(11(10)14-8)7-1-3-12-4-2-7;9-8(10,11)6-2-1-3-7(4-6)12-5-13/h1-4,8-11,13H,5-6H2;1-5H,(H,12,13). The number of carbonyl (C=O) groups excluding carboxylic acids is 1. The summed E-state index contributed by atoms with van der Waals surface area (Å²) in [7, 11) is 0. The number of aliphatic hydroxyl groups excluding tert-OH is 1. The van der Waals surface area contributed by atoms with Gasteiger partial charge in [-0.3, -0.25) is 9.78 Å². The molecule has 2 fully saturated rings. The molecule has 27 heavy (non-hydrogen) atoms. The van der Waals surface area contributed by atoms with Crippen LogP contribution in [0.5, 0.6) is 0 Å². The first kappa shape index (κ1) is 19.3. The Bertz CT molecular complexity index is 770. The first-order chi connectivity index (χ1) is 12.9. The van der Waals surface area contributed by atoms with Gasteiger partial charge in [0.1, 0.15) is 0 Å². The van der Waals surface area contributed by atoms with Crippen molar-refractivity contribution in [2.45, 2.75) is 43.2 Å². The van der Waals surface area contributed by atoms with Crippen molar-refractivity contribution < 1.29 is 27.8 Å². The largest absolute Gasteiger partial charge is 0.416 e. The monoisotopic (exact) mass is 380 g/mol. The molecule has 5 nitrogen and oxygen atoms in total. The summed E-state index contributed by atoms with van der Waals surface area (Å²) in [6, 6.07) is 8.45. The fraction of sp³-hybridized carbons (Fsp3) is 0.368. The molecule has 4 atom stereocenters. The van der Waals surface area contributed by atoms with Crippen molar-refractivity contribution in [1.82, 2.24) is 4.98 Å². The fourth-order valence-electron chi connectivity index (χ4n) is 3.49. The highest BCUT2D eigenvalue weighted by molar-refractivity contribution is 5.71. The van der Waals surface area contributed by atoms with Crippen LogP contribution in [0.15, 0.2) is 48.8 Å². The van der Waals surface area contributed by atoms with Gasteiger partial charge in [0.25, 0.3) is 0 Å². The van der Waals surface area contributed by atoms with E-state index in [4.69, 9.17) is 4.74 Å². The Hall–Kier alpha value is -2.45. The molecule has 3 heterocycles. The predicted molar refractivity (Wildman–Crippen MR) is 92.0 cm³/mol. The number of halogens is 3. The van der Waals surface area contributed by atoms with Crippen LogP contribution in [0.1, 0.15) is 29.9 Å². The second-order valence-corrected chi connectivity index (χ2v) is 6.49. The molecule has 2 N–H and O–H groups in total. The molecular formula is C19H19F3N2O3. The van der Waals surface area contributed by atoms with E-state index in [9.17, 15) is 23.1 Å². The van der Waals surface area contributed by atoms with Gasteiger partial charge in [0, 0.05) is 30.4 Å². The molecule has 0 aliphatic carbocycles. The Balaban J connectivity index is 0.000000157. The number of nitrogens with zero attached hydrogens (tertiary/aromatic N) is 1. The van der Waals surface area contributed by atoms with Gasteiger partial charge >= 0.3 is 6.18 Å². The first-order valence-electron chi connectivity index (χ1n) is 8.49. The maximum Gasteiger partial charge on any atom is 0.416 e. The second kappa shape index (κ2) is 8.06. The third kappa shape index (κ3) is 4.64. The van der Waals surface area contributed by atoms with Gasteiger partial charge in [-0.25, -0.2) is 0 Å². The molecular weight excluding hydrogens is 361 g/mol. The molecule has 1 amide bonds. The molecule has 0 saturated carbocycles. The van der Waals surface area contributed by atoms with Gasteiger partial charge in [-0.1, -0.05) is 6.07 Å². The molecule has 8 heteroatoms. The summed E-state index contributed by atoms with van der Waals surface area (Å²) in [5.74, 6) is 0.367. The zero-order chi connectivity index (χ0) is 19.4. The highest BCUT2D eigenvalue weighted by Crippen LogP contribution is 2.44. The SMILES string of the molecule is O=CNc1cccc(C(F)(F)F)c1.OC1CC2CC(c3ccncc3)C1O2. The third-order valence-electron chi connectivity index (χ3n) is 4.70. The molecule has 2 bridgehead atoms. The number of anilines is 1. The lowest BCUT2D eigenvalue weighted by Crippen LogP contribution is -2.28. The minimum absolute atomic E-state index is 0.0161. The van der Waals surface area contributed by atoms with Crippen molar-refractivity contribution in [2.75, 3.05) is 5.32 Å². The molecule has 0 radical (unpaired) electrons. The van der Waals surface area contributed by atoms with Crippen LogP contribution in [0.4, 0.5) is 18.9 Å². The topological polar surface area (TPSA) is 71.5 Å². The number of fused-ring (bicyclic) bond motifs is 2. The number of hydrogen-bond donors (Lipinski definition) is 2. The molecule has 0 spiro atoms.